The average molecular weight is 141 g/mol. The van der Waals surface area contributed by atoms with Crippen LogP contribution in [0.3, 0.4) is 0 Å². The third kappa shape index (κ3) is 42.1. The fourth-order valence-electron chi connectivity index (χ4n) is 0. The van der Waals surface area contributed by atoms with Crippen LogP contribution < -0.4 is 0 Å². The van der Waals surface area contributed by atoms with Gasteiger partial charge in [-0.2, -0.15) is 0 Å². The van der Waals surface area contributed by atoms with Crippen molar-refractivity contribution in [3.63, 3.8) is 0 Å². The predicted octanol–water partition coefficient (Wildman–Crippen LogP) is 2.37. The van der Waals surface area contributed by atoms with Crippen LogP contribution in [0.2, 0.25) is 19.6 Å². The fourth-order valence-corrected chi connectivity index (χ4v) is 0. The lowest BCUT2D eigenvalue weighted by Gasteiger charge is -2.00. The van der Waals surface area contributed by atoms with E-state index >= 15 is 0 Å². The van der Waals surface area contributed by atoms with Crippen LogP contribution in [0.25, 0.3) is 10.4 Å². The highest BCUT2D eigenvalue weighted by Crippen LogP contribution is 1.94. The Bertz CT molecular complexity index is 133. The number of terminal acetylenes is 1. The molecule has 4 heteroatoms. The molecule has 0 heterocycles. The van der Waals surface area contributed by atoms with E-state index in [0.717, 1.165) is 0 Å². The standard InChI is InChI=1S/C5H10Si.HN3/c1-5-6(2,3)4;1-3-2/h1H,2-4H3;1H. The molecule has 0 aromatic rings. The molecule has 0 aliphatic carbocycles. The van der Waals surface area contributed by atoms with Crippen LogP contribution in [-0.4, -0.2) is 8.07 Å². The summed E-state index contributed by atoms with van der Waals surface area (Å²) in [6, 6.07) is 0. The zero-order valence-corrected chi connectivity index (χ0v) is 6.97. The zero-order chi connectivity index (χ0) is 7.91. The van der Waals surface area contributed by atoms with E-state index in [2.05, 4.69) is 25.2 Å². The second kappa shape index (κ2) is 5.23. The summed E-state index contributed by atoms with van der Waals surface area (Å²) in [7, 11) is -1.10. The summed E-state index contributed by atoms with van der Waals surface area (Å²) < 4.78 is 0. The van der Waals surface area contributed by atoms with Gasteiger partial charge in [0.05, 0.1) is 0 Å². The summed E-state index contributed by atoms with van der Waals surface area (Å²) in [4.78, 5) is 1.75. The maximum atomic E-state index is 6.86. The molecule has 0 aromatic heterocycles. The lowest BCUT2D eigenvalue weighted by molar-refractivity contribution is 1.45. The molecule has 50 valence electrons. The Morgan fingerprint density at radius 3 is 1.67 bits per heavy atom. The van der Waals surface area contributed by atoms with E-state index < -0.39 is 8.07 Å². The van der Waals surface area contributed by atoms with Gasteiger partial charge in [-0.15, -0.1) is 17.5 Å². The van der Waals surface area contributed by atoms with Crippen molar-refractivity contribution in [2.45, 2.75) is 19.6 Å². The highest BCUT2D eigenvalue weighted by Gasteiger charge is 2.05. The molecule has 0 bridgehead atoms. The molecule has 3 nitrogen and oxygen atoms in total. The third-order valence-electron chi connectivity index (χ3n) is 0.433. The molecular weight excluding hydrogens is 130 g/mol. The molecule has 0 saturated heterocycles. The van der Waals surface area contributed by atoms with Crippen LogP contribution in [0.4, 0.5) is 0 Å². The molecule has 0 saturated carbocycles. The van der Waals surface area contributed by atoms with E-state index in [9.17, 15) is 0 Å². The van der Waals surface area contributed by atoms with E-state index in [-0.39, 0.29) is 0 Å². The van der Waals surface area contributed by atoms with Crippen molar-refractivity contribution in [1.82, 2.24) is 0 Å². The van der Waals surface area contributed by atoms with Gasteiger partial charge in [-0.1, -0.05) is 19.6 Å². The average Bonchev–Trinajstić information content (AvgIpc) is 1.67. The zero-order valence-electron chi connectivity index (χ0n) is 5.97. The first-order valence-electron chi connectivity index (χ1n) is 2.46. The third-order valence-corrected chi connectivity index (χ3v) is 1.30. The molecule has 0 rings (SSSR count). The van der Waals surface area contributed by atoms with Crippen LogP contribution in [0.1, 0.15) is 0 Å². The molecule has 0 aliphatic rings. The minimum absolute atomic E-state index is 1.10. The summed E-state index contributed by atoms with van der Waals surface area (Å²) in [5.41, 5.74) is 15.0. The Balaban J connectivity index is 0. The largest absolute Gasteiger partial charge is 0.135 e. The summed E-state index contributed by atoms with van der Waals surface area (Å²) in [5, 5.41) is 0. The Hall–Kier alpha value is -0.913. The summed E-state index contributed by atoms with van der Waals surface area (Å²) in [6.45, 7) is 6.44. The molecule has 0 aliphatic heterocycles. The smallest absolute Gasteiger partial charge is 0.128 e. The normalized spacial score (nSPS) is 7.78. The van der Waals surface area contributed by atoms with Crippen LogP contribution in [0.15, 0.2) is 0 Å². The number of hydrogen-bond donors (Lipinski definition) is 1. The first-order chi connectivity index (χ1) is 3.97. The first-order valence-corrected chi connectivity index (χ1v) is 5.96. The molecule has 0 radical (unpaired) electrons. The molecule has 0 fully saturated rings. The van der Waals surface area contributed by atoms with Gasteiger partial charge in [0.1, 0.15) is 8.07 Å². The quantitative estimate of drug-likeness (QED) is 0.177. The van der Waals surface area contributed by atoms with E-state index in [1.165, 1.54) is 0 Å². The van der Waals surface area contributed by atoms with Gasteiger partial charge in [0.15, 0.2) is 0 Å². The van der Waals surface area contributed by atoms with Gasteiger partial charge < -0.3 is 0 Å². The highest BCUT2D eigenvalue weighted by atomic mass is 28.3. The lowest BCUT2D eigenvalue weighted by Crippen LogP contribution is -2.15. The molecular formula is C5H11N3Si. The maximum Gasteiger partial charge on any atom is 0.128 e. The molecule has 0 spiro atoms. The molecule has 9 heavy (non-hydrogen) atoms. The number of rotatable bonds is 0. The van der Waals surface area contributed by atoms with Gasteiger partial charge in [0.25, 0.3) is 0 Å². The lowest BCUT2D eigenvalue weighted by atomic mass is 11.4. The monoisotopic (exact) mass is 141 g/mol. The van der Waals surface area contributed by atoms with Crippen LogP contribution >= 0.6 is 0 Å². The Labute approximate surface area is 56.5 Å². The van der Waals surface area contributed by atoms with Gasteiger partial charge in [0.2, 0.25) is 0 Å². The molecule has 0 unspecified atom stereocenters. The van der Waals surface area contributed by atoms with Crippen molar-refractivity contribution in [3.8, 4) is 12.0 Å². The minimum atomic E-state index is -1.10. The maximum absolute atomic E-state index is 6.86. The van der Waals surface area contributed by atoms with E-state index in [0.29, 0.717) is 0 Å². The van der Waals surface area contributed by atoms with E-state index in [4.69, 9.17) is 17.5 Å². The van der Waals surface area contributed by atoms with Crippen molar-refractivity contribution in [3.05, 3.63) is 10.4 Å². The summed E-state index contributed by atoms with van der Waals surface area (Å²) in [5.74, 6) is 0. The van der Waals surface area contributed by atoms with Crippen molar-refractivity contribution in [2.75, 3.05) is 0 Å². The molecule has 0 aromatic carbocycles. The SMILES string of the molecule is C#C[Si](C)(C)C.[N-]=[N+]=N. The topological polar surface area (TPSA) is 60.3 Å². The van der Waals surface area contributed by atoms with Crippen LogP contribution in [-0.2, 0) is 0 Å². The van der Waals surface area contributed by atoms with Crippen molar-refractivity contribution < 1.29 is 0 Å². The molecule has 1 N–H and O–H groups in total. The number of nitrogens with one attached hydrogen (secondary N) is 1. The predicted molar refractivity (Wildman–Crippen MR) is 41.6 cm³/mol. The number of hydrogen-bond acceptors (Lipinski definition) is 1. The summed E-state index contributed by atoms with van der Waals surface area (Å²) >= 11 is 0. The number of nitrogens with zero attached hydrogens (tertiary/aromatic N) is 2. The first kappa shape index (κ1) is 11.0. The molecule has 0 amide bonds. The minimum Gasteiger partial charge on any atom is -0.135 e. The summed E-state index contributed by atoms with van der Waals surface area (Å²) in [6.07, 6.45) is 5.12. The second-order valence-corrected chi connectivity index (χ2v) is 7.28. The van der Waals surface area contributed by atoms with Crippen molar-refractivity contribution in [1.29, 1.82) is 5.53 Å². The van der Waals surface area contributed by atoms with Crippen LogP contribution in [0.5, 0.6) is 0 Å². The van der Waals surface area contributed by atoms with Gasteiger partial charge in [-0.25, -0.2) is 0 Å². The highest BCUT2D eigenvalue weighted by molar-refractivity contribution is 6.83. The van der Waals surface area contributed by atoms with E-state index in [1.54, 1.807) is 4.91 Å². The van der Waals surface area contributed by atoms with Crippen molar-refractivity contribution in [2.24, 2.45) is 0 Å². The Morgan fingerprint density at radius 2 is 1.67 bits per heavy atom. The van der Waals surface area contributed by atoms with Gasteiger partial charge in [-0.3, -0.25) is 0 Å². The van der Waals surface area contributed by atoms with Crippen molar-refractivity contribution >= 4 is 8.07 Å². The van der Waals surface area contributed by atoms with Gasteiger partial charge >= 0.3 is 0 Å². The molecule has 0 atom stereocenters. The Kier molecular flexibility index (Phi) is 6.37. The van der Waals surface area contributed by atoms with E-state index in [1.807, 2.05) is 0 Å². The van der Waals surface area contributed by atoms with Gasteiger partial charge in [-0.05, 0) is 10.4 Å². The fraction of sp³-hybridized carbons (Fsp3) is 0.600. The Morgan fingerprint density at radius 1 is 1.56 bits per heavy atom. The van der Waals surface area contributed by atoms with Crippen LogP contribution in [0, 0.1) is 17.5 Å². The second-order valence-electron chi connectivity index (χ2n) is 2.49. The van der Waals surface area contributed by atoms with Gasteiger partial charge in [0, 0.05) is 0 Å².